The maximum atomic E-state index is 8.81. The zero-order valence-electron chi connectivity index (χ0n) is 27.2. The monoisotopic (exact) mass is 568 g/mol. The van der Waals surface area contributed by atoms with Crippen molar-refractivity contribution >= 4 is 43.7 Å². The fourth-order valence-electron chi connectivity index (χ4n) is 5.89. The van der Waals surface area contributed by atoms with E-state index < -0.39 is 0 Å². The fourth-order valence-corrected chi connectivity index (χ4v) is 5.89. The molecule has 0 bridgehead atoms. The van der Waals surface area contributed by atoms with Gasteiger partial charge in [-0.15, -0.1) is 0 Å². The minimum atomic E-state index is 0.178. The molecule has 0 spiro atoms. The van der Waals surface area contributed by atoms with Crippen LogP contribution in [0.4, 0.5) is 0 Å². The number of rotatable bonds is 4. The fraction of sp³-hybridized carbons (Fsp3) is 0. The summed E-state index contributed by atoms with van der Waals surface area (Å²) in [5, 5.41) is 3.06. The Morgan fingerprint density at radius 2 is 1.00 bits per heavy atom. The van der Waals surface area contributed by atoms with Crippen LogP contribution in [0.25, 0.3) is 83.6 Å². The molecule has 0 fully saturated rings. The molecule has 0 atom stereocenters. The van der Waals surface area contributed by atoms with Crippen molar-refractivity contribution in [2.45, 2.75) is 0 Å². The van der Waals surface area contributed by atoms with Gasteiger partial charge >= 0.3 is 0 Å². The maximum Gasteiger partial charge on any atom is 0.164 e. The molecular formula is C39H24N4O. The summed E-state index contributed by atoms with van der Waals surface area (Å²) in [6.45, 7) is 0. The van der Waals surface area contributed by atoms with E-state index >= 15 is 0 Å². The van der Waals surface area contributed by atoms with Crippen molar-refractivity contribution in [1.82, 2.24) is 19.5 Å². The van der Waals surface area contributed by atoms with Crippen molar-refractivity contribution in [3.8, 4) is 39.9 Å². The molecule has 3 aromatic heterocycles. The number of aromatic nitrogens is 4. The number of hydrogen-bond donors (Lipinski definition) is 0. The van der Waals surface area contributed by atoms with Gasteiger partial charge in [0.1, 0.15) is 11.2 Å². The van der Waals surface area contributed by atoms with Crippen LogP contribution in [-0.2, 0) is 0 Å². The first-order chi connectivity index (χ1) is 23.4. The molecule has 9 rings (SSSR count). The molecule has 0 unspecified atom stereocenters. The van der Waals surface area contributed by atoms with Crippen molar-refractivity contribution < 1.29 is 9.90 Å². The number of nitrogens with zero attached hydrogens (tertiary/aromatic N) is 4. The van der Waals surface area contributed by atoms with Gasteiger partial charge in [-0.1, -0.05) is 97.0 Å². The lowest BCUT2D eigenvalue weighted by Crippen LogP contribution is -2.00. The predicted octanol–water partition coefficient (Wildman–Crippen LogP) is 9.87. The van der Waals surface area contributed by atoms with Crippen LogP contribution in [0.5, 0.6) is 0 Å². The Hall–Kier alpha value is -6.07. The van der Waals surface area contributed by atoms with Gasteiger partial charge in [0.2, 0.25) is 0 Å². The molecule has 5 heteroatoms. The number of para-hydroxylation sites is 2. The zero-order chi connectivity index (χ0) is 32.5. The maximum absolute atomic E-state index is 8.81. The molecule has 3 heterocycles. The van der Waals surface area contributed by atoms with Crippen LogP contribution in [0.2, 0.25) is 0 Å². The van der Waals surface area contributed by atoms with E-state index in [9.17, 15) is 0 Å². The summed E-state index contributed by atoms with van der Waals surface area (Å²) in [6.07, 6.45) is 0. The van der Waals surface area contributed by atoms with Crippen LogP contribution in [0.15, 0.2) is 150 Å². The average Bonchev–Trinajstić information content (AvgIpc) is 3.64. The van der Waals surface area contributed by atoms with Crippen molar-refractivity contribution in [2.24, 2.45) is 0 Å². The second kappa shape index (κ2) is 9.75. The second-order valence-electron chi connectivity index (χ2n) is 10.6. The summed E-state index contributed by atoms with van der Waals surface area (Å²) in [4.78, 5) is 14.6. The lowest BCUT2D eigenvalue weighted by atomic mass is 10.1. The van der Waals surface area contributed by atoms with Gasteiger partial charge in [0.25, 0.3) is 0 Å². The zero-order valence-corrected chi connectivity index (χ0v) is 23.2. The van der Waals surface area contributed by atoms with E-state index in [1.54, 1.807) is 12.1 Å². The molecule has 9 aromatic rings. The summed E-state index contributed by atoms with van der Waals surface area (Å²) in [5.74, 6) is 1.69. The highest BCUT2D eigenvalue weighted by atomic mass is 16.3. The largest absolute Gasteiger partial charge is 0.456 e. The molecule has 44 heavy (non-hydrogen) atoms. The van der Waals surface area contributed by atoms with Crippen molar-refractivity contribution in [1.29, 1.82) is 0 Å². The number of furan rings is 1. The van der Waals surface area contributed by atoms with E-state index in [0.29, 0.717) is 50.4 Å². The predicted molar refractivity (Wildman–Crippen MR) is 178 cm³/mol. The van der Waals surface area contributed by atoms with Gasteiger partial charge < -0.3 is 8.98 Å². The highest BCUT2D eigenvalue weighted by Gasteiger charge is 2.16. The van der Waals surface area contributed by atoms with Gasteiger partial charge in [-0.05, 0) is 48.5 Å². The summed E-state index contributed by atoms with van der Waals surface area (Å²) in [5.41, 5.74) is 5.89. The molecule has 0 radical (unpaired) electrons. The van der Waals surface area contributed by atoms with Gasteiger partial charge in [-0.25, -0.2) is 15.0 Å². The second-order valence-corrected chi connectivity index (χ2v) is 10.6. The molecule has 0 aliphatic carbocycles. The van der Waals surface area contributed by atoms with Crippen molar-refractivity contribution in [3.05, 3.63) is 145 Å². The first-order valence-corrected chi connectivity index (χ1v) is 14.3. The Balaban J connectivity index is 1.26. The summed E-state index contributed by atoms with van der Waals surface area (Å²) in [7, 11) is 0. The molecule has 0 saturated heterocycles. The lowest BCUT2D eigenvalue weighted by molar-refractivity contribution is 0.669. The smallest absolute Gasteiger partial charge is 0.164 e. The Kier molecular flexibility index (Phi) is 4.60. The van der Waals surface area contributed by atoms with E-state index in [0.717, 1.165) is 33.2 Å². The summed E-state index contributed by atoms with van der Waals surface area (Å²) in [6, 6.07) is 38.6. The third kappa shape index (κ3) is 3.91. The molecule has 6 aromatic carbocycles. The number of fused-ring (bicyclic) bond motifs is 6. The Bertz CT molecular complexity index is 2600. The van der Waals surface area contributed by atoms with Gasteiger partial charge in [0.05, 0.1) is 16.5 Å². The van der Waals surface area contributed by atoms with E-state index in [-0.39, 0.29) is 24.2 Å². The first kappa shape index (κ1) is 20.8. The number of benzene rings is 6. The molecule has 0 N–H and O–H groups in total. The molecule has 0 saturated carbocycles. The summed E-state index contributed by atoms with van der Waals surface area (Å²) >= 11 is 0. The topological polar surface area (TPSA) is 56.7 Å². The SMILES string of the molecule is [2H]c1cc([2H])c2c(c1)c1cc([2H])cc([2H])c1n2-c1ccc2oc3ccc(-c4nc(-c5ccccc5)nc(-c5ccccc5)n4)cc3c2c1. The molecule has 0 aliphatic rings. The standard InChI is InChI=1S/C39H24N4O/c1-3-11-25(12-4-1)37-40-38(26-13-5-2-6-14-26)42-39(41-37)27-19-21-35-31(23-27)32-24-28(20-22-36(32)44-35)43-33-17-9-7-15-29(33)30-16-8-10-18-34(30)43/h1-24H/i7D,8D,17D,18D. The van der Waals surface area contributed by atoms with Gasteiger partial charge in [0, 0.05) is 43.9 Å². The number of hydrogen-bond acceptors (Lipinski definition) is 4. The Morgan fingerprint density at radius 1 is 0.477 bits per heavy atom. The van der Waals surface area contributed by atoms with E-state index in [2.05, 4.69) is 0 Å². The third-order valence-corrected chi connectivity index (χ3v) is 7.96. The van der Waals surface area contributed by atoms with Gasteiger partial charge in [-0.2, -0.15) is 0 Å². The van der Waals surface area contributed by atoms with Gasteiger partial charge in [0.15, 0.2) is 17.5 Å². The van der Waals surface area contributed by atoms with Crippen LogP contribution in [0.3, 0.4) is 0 Å². The van der Waals surface area contributed by atoms with Crippen molar-refractivity contribution in [3.63, 3.8) is 0 Å². The minimum absolute atomic E-state index is 0.178. The average molecular weight is 569 g/mol. The van der Waals surface area contributed by atoms with Crippen LogP contribution in [0.1, 0.15) is 5.48 Å². The quantitative estimate of drug-likeness (QED) is 0.212. The van der Waals surface area contributed by atoms with Crippen LogP contribution in [-0.4, -0.2) is 19.5 Å². The minimum Gasteiger partial charge on any atom is -0.456 e. The van der Waals surface area contributed by atoms with Crippen LogP contribution >= 0.6 is 0 Å². The Morgan fingerprint density at radius 3 is 1.59 bits per heavy atom. The van der Waals surface area contributed by atoms with Gasteiger partial charge in [-0.3, -0.25) is 0 Å². The highest BCUT2D eigenvalue weighted by molar-refractivity contribution is 6.10. The third-order valence-electron chi connectivity index (χ3n) is 7.96. The van der Waals surface area contributed by atoms with Crippen molar-refractivity contribution in [2.75, 3.05) is 0 Å². The highest BCUT2D eigenvalue weighted by Crippen LogP contribution is 2.37. The van der Waals surface area contributed by atoms with E-state index in [1.807, 2.05) is 102 Å². The normalized spacial score (nSPS) is 12.9. The van der Waals surface area contributed by atoms with Crippen LogP contribution in [0, 0.1) is 0 Å². The lowest BCUT2D eigenvalue weighted by Gasteiger charge is -2.09. The molecule has 5 nitrogen and oxygen atoms in total. The first-order valence-electron chi connectivity index (χ1n) is 16.3. The van der Waals surface area contributed by atoms with E-state index in [4.69, 9.17) is 24.9 Å². The van der Waals surface area contributed by atoms with Crippen LogP contribution < -0.4 is 0 Å². The molecule has 0 aliphatic heterocycles. The molecule has 206 valence electrons. The Labute approximate surface area is 258 Å². The molecule has 0 amide bonds. The van der Waals surface area contributed by atoms with E-state index in [1.165, 1.54) is 12.1 Å². The summed E-state index contributed by atoms with van der Waals surface area (Å²) < 4.78 is 42.3. The molecular weight excluding hydrogens is 540 g/mol.